The summed E-state index contributed by atoms with van der Waals surface area (Å²) in [5.74, 6) is 1.80. The van der Waals surface area contributed by atoms with Gasteiger partial charge in [-0.05, 0) is 97.4 Å². The highest BCUT2D eigenvalue weighted by molar-refractivity contribution is 5.94. The van der Waals surface area contributed by atoms with Gasteiger partial charge in [0.05, 0.1) is 11.1 Å². The summed E-state index contributed by atoms with van der Waals surface area (Å²) in [5.41, 5.74) is 18.5. The Kier molecular flexibility index (Phi) is 7.41. The Hall–Kier alpha value is -6.64. The minimum absolute atomic E-state index is 0.0331. The molecule has 8 aromatic rings. The molecular weight excluding hydrogens is 703 g/mol. The van der Waals surface area contributed by atoms with Gasteiger partial charge in [0.15, 0.2) is 0 Å². The Morgan fingerprint density at radius 2 is 1.03 bits per heavy atom. The van der Waals surface area contributed by atoms with Crippen molar-refractivity contribution in [2.75, 3.05) is 4.90 Å². The van der Waals surface area contributed by atoms with Crippen molar-refractivity contribution in [2.24, 2.45) is 0 Å². The molecule has 11 rings (SSSR count). The van der Waals surface area contributed by atoms with Crippen LogP contribution in [0, 0.1) is 0 Å². The monoisotopic (exact) mass is 747 g/mol. The topological polar surface area (TPSA) is 12.5 Å². The lowest BCUT2D eigenvalue weighted by Crippen LogP contribution is -2.33. The number of hydrogen-bond acceptors (Lipinski definition) is 2. The van der Waals surface area contributed by atoms with E-state index in [1.165, 1.54) is 72.4 Å². The summed E-state index contributed by atoms with van der Waals surface area (Å²) in [7, 11) is 0. The van der Waals surface area contributed by atoms with Crippen molar-refractivity contribution in [3.8, 4) is 44.9 Å². The first-order chi connectivity index (χ1) is 28.1. The minimum atomic E-state index is -0.611. The number of nitrogens with zero attached hydrogens (tertiary/aromatic N) is 1. The third kappa shape index (κ3) is 4.91. The average molecular weight is 748 g/mol. The second-order valence-corrected chi connectivity index (χ2v) is 17.7. The number of fused-ring (bicyclic) bond motifs is 6. The second-order valence-electron chi connectivity index (χ2n) is 17.7. The second kappa shape index (κ2) is 12.4. The molecule has 58 heavy (non-hydrogen) atoms. The van der Waals surface area contributed by atoms with Crippen LogP contribution in [0.25, 0.3) is 33.4 Å². The van der Waals surface area contributed by atoms with Crippen LogP contribution in [0.4, 0.5) is 17.1 Å². The van der Waals surface area contributed by atoms with Crippen LogP contribution in [0.3, 0.4) is 0 Å². The summed E-state index contributed by atoms with van der Waals surface area (Å²) in [5, 5.41) is 0. The molecule has 1 unspecified atom stereocenters. The Morgan fingerprint density at radius 1 is 0.431 bits per heavy atom. The number of hydrogen-bond donors (Lipinski definition) is 0. The van der Waals surface area contributed by atoms with Crippen molar-refractivity contribution in [1.29, 1.82) is 0 Å². The van der Waals surface area contributed by atoms with E-state index in [-0.39, 0.29) is 5.41 Å². The summed E-state index contributed by atoms with van der Waals surface area (Å²) in [4.78, 5) is 2.51. The van der Waals surface area contributed by atoms with Gasteiger partial charge in [-0.1, -0.05) is 180 Å². The van der Waals surface area contributed by atoms with Gasteiger partial charge in [0.2, 0.25) is 0 Å². The molecular formula is C56H45NO. The highest BCUT2D eigenvalue weighted by atomic mass is 16.5. The van der Waals surface area contributed by atoms with Gasteiger partial charge in [-0.2, -0.15) is 0 Å². The zero-order valence-electron chi connectivity index (χ0n) is 33.7. The maximum Gasteiger partial charge on any atom is 0.132 e. The SMILES string of the molecule is CC(C)(C)c1ccc2c(c1)C13c4ccccc4Oc4ccc(cc41)N(c1ccc(-c4ccccc4)cc1)c1c(-c4ccccc4)cccc1C(C)(C)c1ccc-2c3c1. The molecule has 0 N–H and O–H groups in total. The summed E-state index contributed by atoms with van der Waals surface area (Å²) in [6.07, 6.45) is 0. The molecule has 280 valence electrons. The zero-order valence-corrected chi connectivity index (χ0v) is 33.7. The molecule has 0 saturated carbocycles. The maximum atomic E-state index is 6.96. The van der Waals surface area contributed by atoms with E-state index >= 15 is 0 Å². The summed E-state index contributed by atoms with van der Waals surface area (Å²) in [6.45, 7) is 11.8. The van der Waals surface area contributed by atoms with Gasteiger partial charge in [-0.3, -0.25) is 0 Å². The van der Waals surface area contributed by atoms with E-state index in [0.29, 0.717) is 0 Å². The highest BCUT2D eigenvalue weighted by Gasteiger charge is 2.52. The van der Waals surface area contributed by atoms with E-state index < -0.39 is 10.8 Å². The minimum Gasteiger partial charge on any atom is -0.457 e. The number of anilines is 3. The van der Waals surface area contributed by atoms with Crippen molar-refractivity contribution < 1.29 is 4.74 Å². The summed E-state index contributed by atoms with van der Waals surface area (Å²) in [6, 6.07) is 67.7. The van der Waals surface area contributed by atoms with Crippen LogP contribution in [0.5, 0.6) is 11.5 Å². The Bertz CT molecular complexity index is 2920. The molecule has 0 amide bonds. The number of para-hydroxylation sites is 2. The predicted octanol–water partition coefficient (Wildman–Crippen LogP) is 14.9. The first kappa shape index (κ1) is 34.6. The first-order valence-electron chi connectivity index (χ1n) is 20.5. The van der Waals surface area contributed by atoms with Gasteiger partial charge >= 0.3 is 0 Å². The molecule has 0 aromatic heterocycles. The van der Waals surface area contributed by atoms with Gasteiger partial charge in [0, 0.05) is 33.5 Å². The van der Waals surface area contributed by atoms with Crippen molar-refractivity contribution in [2.45, 2.75) is 50.9 Å². The summed E-state index contributed by atoms with van der Waals surface area (Å²) < 4.78 is 6.96. The standard InChI is InChI=1S/C56H45NO/c1-54(2,3)39-25-30-44-45-31-26-40-34-49(45)56(48(44)33-39)46-20-12-13-22-51(46)58-52-32-29-42(35-50(52)56)57(41-27-23-37(24-28-41)36-15-8-6-9-16-36)53-43(38-17-10-7-11-18-38)19-14-21-47(53)55(40,4)5/h6-35H,1-5H3. The fraction of sp³-hybridized carbons (Fsp3) is 0.143. The third-order valence-corrected chi connectivity index (χ3v) is 13.1. The molecule has 1 spiro atoms. The third-order valence-electron chi connectivity index (χ3n) is 13.1. The molecule has 2 heterocycles. The van der Waals surface area contributed by atoms with E-state index in [1.54, 1.807) is 0 Å². The molecule has 4 bridgehead atoms. The fourth-order valence-electron chi connectivity index (χ4n) is 10.1. The molecule has 2 heteroatoms. The molecule has 0 radical (unpaired) electrons. The molecule has 0 saturated heterocycles. The number of ether oxygens (including phenoxy) is 1. The van der Waals surface area contributed by atoms with Crippen LogP contribution in [0.1, 0.15) is 73.6 Å². The number of benzene rings is 8. The molecule has 2 nitrogen and oxygen atoms in total. The van der Waals surface area contributed by atoms with Crippen LogP contribution in [-0.2, 0) is 16.2 Å². The molecule has 1 atom stereocenters. The predicted molar refractivity (Wildman–Crippen MR) is 240 cm³/mol. The summed E-state index contributed by atoms with van der Waals surface area (Å²) >= 11 is 0. The number of rotatable bonds is 3. The van der Waals surface area contributed by atoms with Gasteiger partial charge in [-0.25, -0.2) is 0 Å². The fourth-order valence-corrected chi connectivity index (χ4v) is 10.1. The van der Waals surface area contributed by atoms with Gasteiger partial charge in [0.1, 0.15) is 11.5 Å². The van der Waals surface area contributed by atoms with Crippen LogP contribution in [-0.4, -0.2) is 0 Å². The van der Waals surface area contributed by atoms with Gasteiger partial charge in [0.25, 0.3) is 0 Å². The molecule has 0 fully saturated rings. The molecule has 8 aromatic carbocycles. The van der Waals surface area contributed by atoms with Crippen LogP contribution in [0.2, 0.25) is 0 Å². The normalized spacial score (nSPS) is 16.7. The van der Waals surface area contributed by atoms with Gasteiger partial charge < -0.3 is 9.64 Å². The lowest BCUT2D eigenvalue weighted by molar-refractivity contribution is 0.436. The quantitative estimate of drug-likeness (QED) is 0.178. The molecule has 1 aliphatic carbocycles. The van der Waals surface area contributed by atoms with E-state index in [4.69, 9.17) is 4.74 Å². The Labute approximate surface area is 342 Å². The lowest BCUT2D eigenvalue weighted by Gasteiger charge is -2.40. The smallest absolute Gasteiger partial charge is 0.132 e. The van der Waals surface area contributed by atoms with E-state index in [1.807, 2.05) is 0 Å². The lowest BCUT2D eigenvalue weighted by atomic mass is 9.64. The Balaban J connectivity index is 1.29. The van der Waals surface area contributed by atoms with Gasteiger partial charge in [-0.15, -0.1) is 0 Å². The zero-order chi connectivity index (χ0) is 39.4. The average Bonchev–Trinajstić information content (AvgIpc) is 3.53. The van der Waals surface area contributed by atoms with Crippen LogP contribution < -0.4 is 9.64 Å². The van der Waals surface area contributed by atoms with Crippen molar-refractivity contribution in [3.63, 3.8) is 0 Å². The van der Waals surface area contributed by atoms with Crippen LogP contribution >= 0.6 is 0 Å². The highest BCUT2D eigenvalue weighted by Crippen LogP contribution is 2.64. The molecule has 3 aliphatic rings. The first-order valence-corrected chi connectivity index (χ1v) is 20.5. The molecule has 2 aliphatic heterocycles. The van der Waals surface area contributed by atoms with Crippen LogP contribution in [0.15, 0.2) is 182 Å². The van der Waals surface area contributed by atoms with E-state index in [0.717, 1.165) is 28.4 Å². The van der Waals surface area contributed by atoms with Crippen molar-refractivity contribution in [3.05, 3.63) is 221 Å². The van der Waals surface area contributed by atoms with Crippen molar-refractivity contribution >= 4 is 17.1 Å². The van der Waals surface area contributed by atoms with E-state index in [9.17, 15) is 0 Å². The largest absolute Gasteiger partial charge is 0.457 e. The Morgan fingerprint density at radius 3 is 1.78 bits per heavy atom. The van der Waals surface area contributed by atoms with E-state index in [2.05, 4.69) is 222 Å². The van der Waals surface area contributed by atoms with Crippen molar-refractivity contribution in [1.82, 2.24) is 0 Å². The maximum absolute atomic E-state index is 6.96.